The SMILES string of the molecule is C/C(=C/CCN)Cc1cc(Br)cc2c1OCC2. The van der Waals surface area contributed by atoms with Crippen molar-refractivity contribution in [3.63, 3.8) is 0 Å². The third kappa shape index (κ3) is 3.11. The first-order chi connectivity index (χ1) is 8.20. The van der Waals surface area contributed by atoms with Gasteiger partial charge in [-0.15, -0.1) is 0 Å². The Morgan fingerprint density at radius 2 is 2.35 bits per heavy atom. The van der Waals surface area contributed by atoms with Crippen LogP contribution in [-0.4, -0.2) is 13.2 Å². The molecule has 0 atom stereocenters. The van der Waals surface area contributed by atoms with E-state index in [1.807, 2.05) is 0 Å². The van der Waals surface area contributed by atoms with Gasteiger partial charge >= 0.3 is 0 Å². The Hall–Kier alpha value is -0.800. The van der Waals surface area contributed by atoms with Crippen LogP contribution in [0.5, 0.6) is 5.75 Å². The van der Waals surface area contributed by atoms with Crippen molar-refractivity contribution >= 4 is 15.9 Å². The number of benzene rings is 1. The van der Waals surface area contributed by atoms with Crippen LogP contribution in [-0.2, 0) is 12.8 Å². The molecule has 2 nitrogen and oxygen atoms in total. The topological polar surface area (TPSA) is 35.2 Å². The zero-order valence-corrected chi connectivity index (χ0v) is 11.7. The minimum absolute atomic E-state index is 0.713. The van der Waals surface area contributed by atoms with Crippen LogP contribution in [0, 0.1) is 0 Å². The quantitative estimate of drug-likeness (QED) is 0.866. The van der Waals surface area contributed by atoms with Gasteiger partial charge in [0.15, 0.2) is 0 Å². The summed E-state index contributed by atoms with van der Waals surface area (Å²) in [5, 5.41) is 0. The van der Waals surface area contributed by atoms with Gasteiger partial charge in [-0.3, -0.25) is 0 Å². The molecule has 2 N–H and O–H groups in total. The van der Waals surface area contributed by atoms with Crippen molar-refractivity contribution in [2.45, 2.75) is 26.2 Å². The molecular weight excluding hydrogens is 278 g/mol. The maximum atomic E-state index is 5.72. The highest BCUT2D eigenvalue weighted by molar-refractivity contribution is 9.10. The van der Waals surface area contributed by atoms with Crippen LogP contribution < -0.4 is 10.5 Å². The summed E-state index contributed by atoms with van der Waals surface area (Å²) in [5.74, 6) is 1.09. The molecule has 0 amide bonds. The second-order valence-corrected chi connectivity index (χ2v) is 5.37. The van der Waals surface area contributed by atoms with Crippen molar-refractivity contribution in [1.82, 2.24) is 0 Å². The highest BCUT2D eigenvalue weighted by Gasteiger charge is 2.17. The van der Waals surface area contributed by atoms with E-state index in [9.17, 15) is 0 Å². The second-order valence-electron chi connectivity index (χ2n) is 4.46. The zero-order chi connectivity index (χ0) is 12.3. The molecule has 0 unspecified atom stereocenters. The molecule has 1 aromatic rings. The molecule has 0 radical (unpaired) electrons. The summed E-state index contributed by atoms with van der Waals surface area (Å²) in [6, 6.07) is 4.31. The van der Waals surface area contributed by atoms with Gasteiger partial charge in [0.1, 0.15) is 5.75 Å². The lowest BCUT2D eigenvalue weighted by Crippen LogP contribution is -1.97. The van der Waals surface area contributed by atoms with Gasteiger partial charge in [0.25, 0.3) is 0 Å². The lowest BCUT2D eigenvalue weighted by atomic mass is 10.0. The highest BCUT2D eigenvalue weighted by atomic mass is 79.9. The summed E-state index contributed by atoms with van der Waals surface area (Å²) in [6.45, 7) is 3.67. The van der Waals surface area contributed by atoms with Gasteiger partial charge in [-0.1, -0.05) is 27.6 Å². The van der Waals surface area contributed by atoms with E-state index in [0.717, 1.165) is 36.1 Å². The lowest BCUT2D eigenvalue weighted by molar-refractivity contribution is 0.354. The summed E-state index contributed by atoms with van der Waals surface area (Å²) in [6.07, 6.45) is 5.13. The maximum Gasteiger partial charge on any atom is 0.126 e. The van der Waals surface area contributed by atoms with Crippen LogP contribution in [0.15, 0.2) is 28.3 Å². The van der Waals surface area contributed by atoms with Gasteiger partial charge < -0.3 is 10.5 Å². The van der Waals surface area contributed by atoms with Crippen molar-refractivity contribution in [3.8, 4) is 5.75 Å². The van der Waals surface area contributed by atoms with E-state index in [1.54, 1.807) is 0 Å². The van der Waals surface area contributed by atoms with Crippen molar-refractivity contribution < 1.29 is 4.74 Å². The fourth-order valence-corrected chi connectivity index (χ4v) is 2.73. The minimum atomic E-state index is 0.713. The van der Waals surface area contributed by atoms with Crippen LogP contribution >= 0.6 is 15.9 Å². The summed E-state index contributed by atoms with van der Waals surface area (Å²) in [4.78, 5) is 0. The average molecular weight is 296 g/mol. The van der Waals surface area contributed by atoms with E-state index < -0.39 is 0 Å². The zero-order valence-electron chi connectivity index (χ0n) is 10.1. The third-order valence-electron chi connectivity index (χ3n) is 2.95. The fraction of sp³-hybridized carbons (Fsp3) is 0.429. The standard InChI is InChI=1S/C14H18BrNO/c1-10(3-2-5-16)7-12-9-13(15)8-11-4-6-17-14(11)12/h3,8-9H,2,4-7,16H2,1H3/b10-3-. The molecule has 1 aliphatic rings. The Morgan fingerprint density at radius 3 is 3.12 bits per heavy atom. The van der Waals surface area contributed by atoms with Gasteiger partial charge in [0, 0.05) is 10.9 Å². The van der Waals surface area contributed by atoms with E-state index in [2.05, 4.69) is 41.1 Å². The van der Waals surface area contributed by atoms with E-state index in [4.69, 9.17) is 10.5 Å². The molecule has 1 aliphatic heterocycles. The van der Waals surface area contributed by atoms with E-state index in [-0.39, 0.29) is 0 Å². The van der Waals surface area contributed by atoms with Gasteiger partial charge in [-0.25, -0.2) is 0 Å². The largest absolute Gasteiger partial charge is 0.493 e. The van der Waals surface area contributed by atoms with Crippen LogP contribution in [0.3, 0.4) is 0 Å². The molecule has 1 heterocycles. The Kier molecular flexibility index (Phi) is 4.24. The molecule has 0 fully saturated rings. The lowest BCUT2D eigenvalue weighted by Gasteiger charge is -2.09. The normalized spacial score (nSPS) is 14.6. The summed E-state index contributed by atoms with van der Waals surface area (Å²) in [5.41, 5.74) is 9.46. The molecule has 0 saturated carbocycles. The predicted molar refractivity (Wildman–Crippen MR) is 74.5 cm³/mol. The smallest absolute Gasteiger partial charge is 0.126 e. The number of hydrogen-bond donors (Lipinski definition) is 1. The van der Waals surface area contributed by atoms with E-state index >= 15 is 0 Å². The molecule has 17 heavy (non-hydrogen) atoms. The number of halogens is 1. The molecule has 0 aromatic heterocycles. The number of hydrogen-bond acceptors (Lipinski definition) is 2. The van der Waals surface area contributed by atoms with Gasteiger partial charge in [-0.2, -0.15) is 0 Å². The Morgan fingerprint density at radius 1 is 1.53 bits per heavy atom. The highest BCUT2D eigenvalue weighted by Crippen LogP contribution is 2.34. The van der Waals surface area contributed by atoms with Crippen molar-refractivity contribution in [2.24, 2.45) is 5.73 Å². The molecule has 0 saturated heterocycles. The van der Waals surface area contributed by atoms with Crippen molar-refractivity contribution in [1.29, 1.82) is 0 Å². The van der Waals surface area contributed by atoms with E-state index in [1.165, 1.54) is 16.7 Å². The number of fused-ring (bicyclic) bond motifs is 1. The first-order valence-corrected chi connectivity index (χ1v) is 6.80. The van der Waals surface area contributed by atoms with Crippen LogP contribution in [0.2, 0.25) is 0 Å². The minimum Gasteiger partial charge on any atom is -0.493 e. The number of nitrogens with two attached hydrogens (primary N) is 1. The first kappa shape index (κ1) is 12.7. The summed E-state index contributed by atoms with van der Waals surface area (Å²) >= 11 is 3.56. The first-order valence-electron chi connectivity index (χ1n) is 6.00. The Balaban J connectivity index is 2.21. The number of ether oxygens (including phenoxy) is 1. The summed E-state index contributed by atoms with van der Waals surface area (Å²) in [7, 11) is 0. The third-order valence-corrected chi connectivity index (χ3v) is 3.41. The molecule has 92 valence electrons. The van der Waals surface area contributed by atoms with Gasteiger partial charge in [-0.05, 0) is 49.6 Å². The van der Waals surface area contributed by atoms with Gasteiger partial charge in [0.05, 0.1) is 6.61 Å². The molecule has 0 bridgehead atoms. The van der Waals surface area contributed by atoms with Crippen LogP contribution in [0.25, 0.3) is 0 Å². The molecule has 2 rings (SSSR count). The van der Waals surface area contributed by atoms with Crippen LogP contribution in [0.4, 0.5) is 0 Å². The molecule has 1 aromatic carbocycles. The van der Waals surface area contributed by atoms with Crippen molar-refractivity contribution in [3.05, 3.63) is 39.4 Å². The molecule has 0 spiro atoms. The van der Waals surface area contributed by atoms with Gasteiger partial charge in [0.2, 0.25) is 0 Å². The molecule has 0 aliphatic carbocycles. The average Bonchev–Trinajstić information content (AvgIpc) is 2.74. The molecular formula is C14H18BrNO. The fourth-order valence-electron chi connectivity index (χ4n) is 2.18. The van der Waals surface area contributed by atoms with Crippen LogP contribution in [0.1, 0.15) is 24.5 Å². The molecule has 3 heteroatoms. The Bertz CT molecular complexity index is 440. The predicted octanol–water partition coefficient (Wildman–Crippen LogP) is 3.22. The number of allylic oxidation sites excluding steroid dienone is 1. The summed E-state index contributed by atoms with van der Waals surface area (Å²) < 4.78 is 6.86. The monoisotopic (exact) mass is 295 g/mol. The van der Waals surface area contributed by atoms with Crippen molar-refractivity contribution in [2.75, 3.05) is 13.2 Å². The van der Waals surface area contributed by atoms with E-state index in [0.29, 0.717) is 6.54 Å². The maximum absolute atomic E-state index is 5.72. The number of rotatable bonds is 4. The Labute approximate surface area is 111 Å². The second kappa shape index (κ2) is 5.69.